The maximum Gasteiger partial charge on any atom is 0.246 e. The van der Waals surface area contributed by atoms with E-state index in [0.717, 1.165) is 6.42 Å². The van der Waals surface area contributed by atoms with Crippen LogP contribution in [-0.4, -0.2) is 24.4 Å². The number of amides is 1. The van der Waals surface area contributed by atoms with Crippen molar-refractivity contribution in [3.05, 3.63) is 72.3 Å². The molecule has 0 saturated carbocycles. The average Bonchev–Trinajstić information content (AvgIpc) is 2.52. The van der Waals surface area contributed by atoms with Crippen molar-refractivity contribution < 1.29 is 4.79 Å². The van der Waals surface area contributed by atoms with Crippen molar-refractivity contribution >= 4 is 16.7 Å². The first kappa shape index (κ1) is 15.0. The zero-order chi connectivity index (χ0) is 15.1. The van der Waals surface area contributed by atoms with Crippen LogP contribution in [0.1, 0.15) is 12.5 Å². The van der Waals surface area contributed by atoms with E-state index in [9.17, 15) is 4.79 Å². The van der Waals surface area contributed by atoms with Crippen molar-refractivity contribution in [1.29, 1.82) is 0 Å². The lowest BCUT2D eigenvalue weighted by atomic mass is 10.0. The summed E-state index contributed by atoms with van der Waals surface area (Å²) < 4.78 is 0. The van der Waals surface area contributed by atoms with Crippen LogP contribution in [0.5, 0.6) is 0 Å². The lowest BCUT2D eigenvalue weighted by Crippen LogP contribution is -2.27. The van der Waals surface area contributed by atoms with E-state index in [4.69, 9.17) is 0 Å². The summed E-state index contributed by atoms with van der Waals surface area (Å²) in [5.74, 6) is 0.0355. The second-order valence-corrected chi connectivity index (χ2v) is 5.03. The monoisotopic (exact) mass is 279 g/mol. The number of hydrogen-bond donors (Lipinski definition) is 0. The van der Waals surface area contributed by atoms with Crippen molar-refractivity contribution in [2.24, 2.45) is 0 Å². The van der Waals surface area contributed by atoms with Gasteiger partial charge >= 0.3 is 0 Å². The standard InChI is InChI=1S/C19H21NO/c1-3-4-5-13-19(21)20(2)15-14-17-11-8-10-16-9-6-7-12-18(16)17/h3-13H,14-15H2,1-2H3. The van der Waals surface area contributed by atoms with Crippen LogP contribution in [0.25, 0.3) is 10.8 Å². The van der Waals surface area contributed by atoms with Crippen LogP contribution in [0, 0.1) is 0 Å². The van der Waals surface area contributed by atoms with Crippen LogP contribution in [0.15, 0.2) is 66.8 Å². The highest BCUT2D eigenvalue weighted by Gasteiger charge is 2.06. The summed E-state index contributed by atoms with van der Waals surface area (Å²) in [6.45, 7) is 2.64. The van der Waals surface area contributed by atoms with E-state index in [2.05, 4.69) is 36.4 Å². The molecule has 2 rings (SSSR count). The van der Waals surface area contributed by atoms with Crippen LogP contribution in [0.2, 0.25) is 0 Å². The van der Waals surface area contributed by atoms with Gasteiger partial charge in [-0.05, 0) is 29.7 Å². The van der Waals surface area contributed by atoms with Gasteiger partial charge in [0.05, 0.1) is 0 Å². The van der Waals surface area contributed by atoms with Gasteiger partial charge in [0, 0.05) is 19.7 Å². The molecule has 108 valence electrons. The Morgan fingerprint density at radius 2 is 1.86 bits per heavy atom. The van der Waals surface area contributed by atoms with Crippen LogP contribution in [0.4, 0.5) is 0 Å². The first-order chi connectivity index (χ1) is 10.2. The fourth-order valence-corrected chi connectivity index (χ4v) is 2.29. The highest BCUT2D eigenvalue weighted by atomic mass is 16.2. The molecule has 2 aromatic rings. The third-order valence-electron chi connectivity index (χ3n) is 3.52. The average molecular weight is 279 g/mol. The van der Waals surface area contributed by atoms with Gasteiger partial charge in [-0.1, -0.05) is 60.7 Å². The fraction of sp³-hybridized carbons (Fsp3) is 0.211. The number of nitrogens with zero attached hydrogens (tertiary/aromatic N) is 1. The summed E-state index contributed by atoms with van der Waals surface area (Å²) >= 11 is 0. The molecule has 2 aromatic carbocycles. The molecule has 0 heterocycles. The first-order valence-corrected chi connectivity index (χ1v) is 7.23. The Kier molecular flexibility index (Phi) is 5.33. The Hall–Kier alpha value is -2.35. The Morgan fingerprint density at radius 1 is 1.10 bits per heavy atom. The van der Waals surface area contributed by atoms with E-state index in [1.165, 1.54) is 16.3 Å². The van der Waals surface area contributed by atoms with Gasteiger partial charge in [0.25, 0.3) is 0 Å². The predicted octanol–water partition coefficient (Wildman–Crippen LogP) is 3.97. The highest BCUT2D eigenvalue weighted by Crippen LogP contribution is 2.18. The molecule has 2 heteroatoms. The molecule has 0 N–H and O–H groups in total. The van der Waals surface area contributed by atoms with Crippen molar-refractivity contribution in [3.8, 4) is 0 Å². The van der Waals surface area contributed by atoms with E-state index >= 15 is 0 Å². The van der Waals surface area contributed by atoms with E-state index < -0.39 is 0 Å². The molecule has 0 aromatic heterocycles. The largest absolute Gasteiger partial charge is 0.342 e. The molecule has 0 bridgehead atoms. The second kappa shape index (κ2) is 7.44. The Bertz CT molecular complexity index is 665. The van der Waals surface area contributed by atoms with Crippen LogP contribution in [0.3, 0.4) is 0 Å². The molecule has 0 aliphatic heterocycles. The number of carbonyl (C=O) groups excluding carboxylic acids is 1. The van der Waals surface area contributed by atoms with Gasteiger partial charge in [-0.25, -0.2) is 0 Å². The topological polar surface area (TPSA) is 20.3 Å². The summed E-state index contributed by atoms with van der Waals surface area (Å²) in [6.07, 6.45) is 8.00. The molecule has 0 radical (unpaired) electrons. The van der Waals surface area contributed by atoms with E-state index in [0.29, 0.717) is 6.54 Å². The van der Waals surface area contributed by atoms with Crippen LogP contribution >= 0.6 is 0 Å². The molecule has 0 aliphatic carbocycles. The molecule has 1 amide bonds. The lowest BCUT2D eigenvalue weighted by Gasteiger charge is -2.15. The van der Waals surface area contributed by atoms with Gasteiger partial charge in [-0.3, -0.25) is 4.79 Å². The predicted molar refractivity (Wildman–Crippen MR) is 89.2 cm³/mol. The summed E-state index contributed by atoms with van der Waals surface area (Å²) in [5, 5.41) is 2.52. The van der Waals surface area contributed by atoms with E-state index in [1.807, 2.05) is 32.2 Å². The van der Waals surface area contributed by atoms with Gasteiger partial charge in [0.2, 0.25) is 5.91 Å². The van der Waals surface area contributed by atoms with Crippen molar-refractivity contribution in [3.63, 3.8) is 0 Å². The minimum absolute atomic E-state index is 0.0355. The van der Waals surface area contributed by atoms with Gasteiger partial charge in [-0.15, -0.1) is 0 Å². The van der Waals surface area contributed by atoms with Gasteiger partial charge in [-0.2, -0.15) is 0 Å². The van der Waals surface area contributed by atoms with Crippen LogP contribution < -0.4 is 0 Å². The molecular weight excluding hydrogens is 258 g/mol. The quantitative estimate of drug-likeness (QED) is 0.599. The highest BCUT2D eigenvalue weighted by molar-refractivity contribution is 5.88. The molecule has 0 aliphatic rings. The third kappa shape index (κ3) is 4.06. The Balaban J connectivity index is 2.03. The third-order valence-corrected chi connectivity index (χ3v) is 3.52. The number of benzene rings is 2. The van der Waals surface area contributed by atoms with Crippen molar-refractivity contribution in [2.75, 3.05) is 13.6 Å². The summed E-state index contributed by atoms with van der Waals surface area (Å²) in [4.78, 5) is 13.7. The van der Waals surface area contributed by atoms with Crippen molar-refractivity contribution in [2.45, 2.75) is 13.3 Å². The molecule has 0 fully saturated rings. The summed E-state index contributed by atoms with van der Waals surface area (Å²) in [5.41, 5.74) is 1.28. The minimum atomic E-state index is 0.0355. The number of allylic oxidation sites excluding steroid dienone is 3. The van der Waals surface area contributed by atoms with Gasteiger partial charge < -0.3 is 4.90 Å². The smallest absolute Gasteiger partial charge is 0.246 e. The zero-order valence-corrected chi connectivity index (χ0v) is 12.6. The zero-order valence-electron chi connectivity index (χ0n) is 12.6. The molecule has 0 saturated heterocycles. The van der Waals surface area contributed by atoms with Gasteiger partial charge in [0.15, 0.2) is 0 Å². The second-order valence-electron chi connectivity index (χ2n) is 5.03. The molecule has 0 spiro atoms. The Labute approximate surface area is 126 Å². The number of likely N-dealkylation sites (N-methyl/N-ethyl adjacent to an activating group) is 1. The number of carbonyl (C=O) groups is 1. The lowest BCUT2D eigenvalue weighted by molar-refractivity contribution is -0.124. The van der Waals surface area contributed by atoms with Crippen molar-refractivity contribution in [1.82, 2.24) is 4.90 Å². The molecule has 0 unspecified atom stereocenters. The fourth-order valence-electron chi connectivity index (χ4n) is 2.29. The van der Waals surface area contributed by atoms with Crippen LogP contribution in [-0.2, 0) is 11.2 Å². The number of rotatable bonds is 5. The molecule has 21 heavy (non-hydrogen) atoms. The summed E-state index contributed by atoms with van der Waals surface area (Å²) in [7, 11) is 1.84. The maximum atomic E-state index is 11.9. The Morgan fingerprint density at radius 3 is 2.67 bits per heavy atom. The maximum absolute atomic E-state index is 11.9. The van der Waals surface area contributed by atoms with E-state index in [1.54, 1.807) is 17.1 Å². The van der Waals surface area contributed by atoms with E-state index in [-0.39, 0.29) is 5.91 Å². The molecular formula is C19H21NO. The van der Waals surface area contributed by atoms with Gasteiger partial charge in [0.1, 0.15) is 0 Å². The normalized spacial score (nSPS) is 11.5. The number of fused-ring (bicyclic) bond motifs is 1. The first-order valence-electron chi connectivity index (χ1n) is 7.23. The summed E-state index contributed by atoms with van der Waals surface area (Å²) in [6, 6.07) is 14.7. The molecule has 0 atom stereocenters. The minimum Gasteiger partial charge on any atom is -0.342 e. The SMILES string of the molecule is CC=CC=CC(=O)N(C)CCc1cccc2ccccc12. The number of hydrogen-bond acceptors (Lipinski definition) is 1. The molecule has 2 nitrogen and oxygen atoms in total.